The van der Waals surface area contributed by atoms with Gasteiger partial charge in [-0.25, -0.2) is 0 Å². The number of hydrogen-bond acceptors (Lipinski definition) is 1. The Morgan fingerprint density at radius 3 is 2.61 bits per heavy atom. The largest absolute Gasteiger partial charge is 0.381 e. The molecule has 1 N–H and O–H groups in total. The van der Waals surface area contributed by atoms with E-state index in [0.717, 1.165) is 15.4 Å². The molecule has 18 heavy (non-hydrogen) atoms. The Balaban J connectivity index is 1.87. The van der Waals surface area contributed by atoms with Crippen LogP contribution in [0, 0.1) is 5.92 Å². The van der Waals surface area contributed by atoms with Crippen molar-refractivity contribution in [2.24, 2.45) is 5.92 Å². The Hall–Kier alpha value is -0.210. The van der Waals surface area contributed by atoms with E-state index in [1.165, 1.54) is 44.2 Å². The van der Waals surface area contributed by atoms with Crippen molar-refractivity contribution in [3.8, 4) is 0 Å². The van der Waals surface area contributed by atoms with Crippen molar-refractivity contribution in [1.82, 2.24) is 0 Å². The molecular formula is C15H21BrClN. The molecule has 1 fully saturated rings. The van der Waals surface area contributed by atoms with Gasteiger partial charge in [0.2, 0.25) is 0 Å². The van der Waals surface area contributed by atoms with Crippen molar-refractivity contribution in [2.45, 2.75) is 51.5 Å². The number of hydrogen-bond donors (Lipinski definition) is 1. The van der Waals surface area contributed by atoms with Gasteiger partial charge >= 0.3 is 0 Å². The van der Waals surface area contributed by atoms with E-state index < -0.39 is 0 Å². The molecule has 0 radical (unpaired) electrons. The zero-order valence-corrected chi connectivity index (χ0v) is 13.2. The summed E-state index contributed by atoms with van der Waals surface area (Å²) in [4.78, 5) is 0. The molecule has 1 aliphatic carbocycles. The van der Waals surface area contributed by atoms with E-state index >= 15 is 0 Å². The van der Waals surface area contributed by atoms with Crippen LogP contribution in [0.25, 0.3) is 0 Å². The van der Waals surface area contributed by atoms with E-state index in [-0.39, 0.29) is 0 Å². The lowest BCUT2D eigenvalue weighted by molar-refractivity contribution is 0.319. The van der Waals surface area contributed by atoms with Crippen molar-refractivity contribution in [3.63, 3.8) is 0 Å². The molecule has 0 bridgehead atoms. The van der Waals surface area contributed by atoms with Gasteiger partial charge in [0.05, 0.1) is 0 Å². The first-order chi connectivity index (χ1) is 8.69. The fourth-order valence-electron chi connectivity index (χ4n) is 2.83. The second-order valence-corrected chi connectivity index (χ2v) is 6.57. The monoisotopic (exact) mass is 329 g/mol. The minimum atomic E-state index is 0.621. The number of benzene rings is 1. The molecule has 0 atom stereocenters. The summed E-state index contributed by atoms with van der Waals surface area (Å²) in [5.41, 5.74) is 1.17. The maximum absolute atomic E-state index is 5.96. The van der Waals surface area contributed by atoms with Crippen LogP contribution in [0.15, 0.2) is 22.7 Å². The van der Waals surface area contributed by atoms with Crippen LogP contribution in [-0.4, -0.2) is 6.04 Å². The van der Waals surface area contributed by atoms with E-state index in [1.807, 2.05) is 12.1 Å². The molecule has 1 nitrogen and oxygen atoms in total. The summed E-state index contributed by atoms with van der Waals surface area (Å²) in [7, 11) is 0. The second kappa shape index (κ2) is 6.81. The third-order valence-corrected chi connectivity index (χ3v) is 4.73. The van der Waals surface area contributed by atoms with Crippen molar-refractivity contribution < 1.29 is 0 Å². The zero-order chi connectivity index (χ0) is 13.0. The Morgan fingerprint density at radius 2 is 2.00 bits per heavy atom. The molecule has 0 amide bonds. The minimum Gasteiger partial charge on any atom is -0.381 e. The van der Waals surface area contributed by atoms with Gasteiger partial charge in [-0.15, -0.1) is 0 Å². The topological polar surface area (TPSA) is 12.0 Å². The lowest BCUT2D eigenvalue weighted by Crippen LogP contribution is -2.26. The Bertz CT molecular complexity index is 386. The zero-order valence-electron chi connectivity index (χ0n) is 10.9. The lowest BCUT2D eigenvalue weighted by atomic mass is 9.83. The molecule has 0 spiro atoms. The maximum atomic E-state index is 5.96. The Morgan fingerprint density at radius 1 is 1.28 bits per heavy atom. The predicted octanol–water partition coefficient (Wildman–Crippen LogP) is 5.87. The summed E-state index contributed by atoms with van der Waals surface area (Å²) in [6.45, 7) is 2.29. The van der Waals surface area contributed by atoms with Crippen molar-refractivity contribution in [1.29, 1.82) is 0 Å². The van der Waals surface area contributed by atoms with Gasteiger partial charge < -0.3 is 5.32 Å². The summed E-state index contributed by atoms with van der Waals surface area (Å²) < 4.78 is 1.06. The summed E-state index contributed by atoms with van der Waals surface area (Å²) in [6, 6.07) is 6.57. The molecule has 0 aromatic heterocycles. The summed E-state index contributed by atoms with van der Waals surface area (Å²) in [6.07, 6.45) is 8.05. The third kappa shape index (κ3) is 3.89. The molecule has 0 aliphatic heterocycles. The van der Waals surface area contributed by atoms with E-state index in [4.69, 9.17) is 11.6 Å². The number of nitrogens with one attached hydrogen (secondary N) is 1. The fourth-order valence-corrected chi connectivity index (χ4v) is 3.63. The van der Waals surface area contributed by atoms with Crippen LogP contribution in [0.3, 0.4) is 0 Å². The molecule has 2 rings (SSSR count). The first kappa shape index (κ1) is 14.2. The molecule has 0 unspecified atom stereocenters. The highest BCUT2D eigenvalue weighted by Crippen LogP contribution is 2.32. The molecule has 1 aromatic carbocycles. The van der Waals surface area contributed by atoms with Crippen molar-refractivity contribution in [3.05, 3.63) is 27.7 Å². The van der Waals surface area contributed by atoms with Gasteiger partial charge in [0.25, 0.3) is 0 Å². The highest BCUT2D eigenvalue weighted by molar-refractivity contribution is 9.10. The molecule has 1 aliphatic rings. The molecule has 1 aromatic rings. The van der Waals surface area contributed by atoms with Gasteiger partial charge in [-0.3, -0.25) is 0 Å². The van der Waals surface area contributed by atoms with Gasteiger partial charge in [-0.2, -0.15) is 0 Å². The molecule has 0 saturated heterocycles. The van der Waals surface area contributed by atoms with Crippen molar-refractivity contribution in [2.75, 3.05) is 5.32 Å². The van der Waals surface area contributed by atoms with E-state index in [9.17, 15) is 0 Å². The van der Waals surface area contributed by atoms with Crippen LogP contribution >= 0.6 is 27.5 Å². The predicted molar refractivity (Wildman–Crippen MR) is 83.4 cm³/mol. The minimum absolute atomic E-state index is 0.621. The van der Waals surface area contributed by atoms with Gasteiger partial charge in [-0.05, 0) is 65.7 Å². The standard InChI is InChI=1S/C15H21BrClN/c1-2-3-11-4-7-13(8-5-11)18-15-9-6-12(17)10-14(15)16/h6,9-11,13,18H,2-5,7-8H2,1H3. The van der Waals surface area contributed by atoms with E-state index in [2.05, 4.69) is 34.2 Å². The molecule has 1 saturated carbocycles. The van der Waals surface area contributed by atoms with Crippen LogP contribution in [0.4, 0.5) is 5.69 Å². The summed E-state index contributed by atoms with van der Waals surface area (Å²) >= 11 is 9.52. The van der Waals surface area contributed by atoms with Crippen LogP contribution in [-0.2, 0) is 0 Å². The number of anilines is 1. The van der Waals surface area contributed by atoms with Gasteiger partial charge in [-0.1, -0.05) is 31.4 Å². The van der Waals surface area contributed by atoms with Gasteiger partial charge in [0.1, 0.15) is 0 Å². The normalized spacial score (nSPS) is 23.9. The van der Waals surface area contributed by atoms with Crippen molar-refractivity contribution >= 4 is 33.2 Å². The molecule has 3 heteroatoms. The molecule has 0 heterocycles. The lowest BCUT2D eigenvalue weighted by Gasteiger charge is -2.30. The van der Waals surface area contributed by atoms with Crippen LogP contribution in [0.5, 0.6) is 0 Å². The van der Waals surface area contributed by atoms with Gasteiger partial charge in [0.15, 0.2) is 0 Å². The quantitative estimate of drug-likeness (QED) is 0.727. The average Bonchev–Trinajstić information content (AvgIpc) is 2.35. The maximum Gasteiger partial charge on any atom is 0.0487 e. The first-order valence-corrected chi connectivity index (χ1v) is 8.07. The third-order valence-electron chi connectivity index (χ3n) is 3.83. The Kier molecular flexibility index (Phi) is 5.38. The molecular weight excluding hydrogens is 310 g/mol. The smallest absolute Gasteiger partial charge is 0.0487 e. The Labute approximate surface area is 123 Å². The first-order valence-electron chi connectivity index (χ1n) is 6.90. The highest BCUT2D eigenvalue weighted by atomic mass is 79.9. The SMILES string of the molecule is CCCC1CCC(Nc2ccc(Cl)cc2Br)CC1. The molecule has 100 valence electrons. The average molecular weight is 331 g/mol. The van der Waals surface area contributed by atoms with E-state index in [1.54, 1.807) is 0 Å². The van der Waals surface area contributed by atoms with Crippen LogP contribution in [0.1, 0.15) is 45.4 Å². The summed E-state index contributed by atoms with van der Waals surface area (Å²) in [5.74, 6) is 0.960. The number of rotatable bonds is 4. The highest BCUT2D eigenvalue weighted by Gasteiger charge is 2.20. The van der Waals surface area contributed by atoms with Crippen LogP contribution in [0.2, 0.25) is 5.02 Å². The summed E-state index contributed by atoms with van der Waals surface area (Å²) in [5, 5.41) is 4.41. The van der Waals surface area contributed by atoms with Gasteiger partial charge in [0, 0.05) is 21.2 Å². The van der Waals surface area contributed by atoms with Crippen LogP contribution < -0.4 is 5.32 Å². The second-order valence-electron chi connectivity index (χ2n) is 5.27. The number of halogens is 2. The fraction of sp³-hybridized carbons (Fsp3) is 0.600. The van der Waals surface area contributed by atoms with E-state index in [0.29, 0.717) is 6.04 Å².